The smallest absolute Gasteiger partial charge is 0.339 e. The van der Waals surface area contributed by atoms with Crippen LogP contribution in [0.4, 0.5) is 0 Å². The van der Waals surface area contributed by atoms with Gasteiger partial charge in [0.25, 0.3) is 0 Å². The van der Waals surface area contributed by atoms with Gasteiger partial charge >= 0.3 is 5.97 Å². The van der Waals surface area contributed by atoms with Crippen LogP contribution in [0, 0.1) is 0 Å². The van der Waals surface area contributed by atoms with Crippen LogP contribution in [0.25, 0.3) is 11.3 Å². The topological polar surface area (TPSA) is 63.7 Å². The van der Waals surface area contributed by atoms with Crippen LogP contribution in [0.3, 0.4) is 0 Å². The highest BCUT2D eigenvalue weighted by atomic mass is 16.5. The highest BCUT2D eigenvalue weighted by Crippen LogP contribution is 2.44. The molecule has 1 aliphatic carbocycles. The van der Waals surface area contributed by atoms with Crippen molar-refractivity contribution in [1.82, 2.24) is 4.90 Å². The maximum atomic E-state index is 13.7. The standard InChI is InChI=1S/C28H19NO4/c1-33-28(32)23-17-29-24(16-22(23)18-12-14-21(30)15-13-18)27(31)25(19-8-4-2-5-9-19)26(29)20-10-6-3-7-11-20/h2-17H,1H3. The molecule has 5 nitrogen and oxygen atoms in total. The molecule has 160 valence electrons. The Hall–Kier alpha value is -4.51. The molecule has 0 radical (unpaired) electrons. The third-order valence-corrected chi connectivity index (χ3v) is 5.71. The van der Waals surface area contributed by atoms with E-state index in [0.717, 1.165) is 11.1 Å². The molecule has 0 atom stereocenters. The molecule has 2 aromatic rings. The Morgan fingerprint density at radius 2 is 1.42 bits per heavy atom. The zero-order valence-corrected chi connectivity index (χ0v) is 17.8. The molecule has 3 aliphatic rings. The monoisotopic (exact) mass is 433 g/mol. The van der Waals surface area contributed by atoms with Crippen molar-refractivity contribution in [2.24, 2.45) is 0 Å². The second kappa shape index (κ2) is 8.20. The van der Waals surface area contributed by atoms with E-state index >= 15 is 0 Å². The van der Waals surface area contributed by atoms with Crippen LogP contribution in [0.1, 0.15) is 11.1 Å². The Labute approximate surface area is 191 Å². The van der Waals surface area contributed by atoms with Crippen molar-refractivity contribution in [1.29, 1.82) is 0 Å². The Bertz CT molecular complexity index is 1350. The van der Waals surface area contributed by atoms with Gasteiger partial charge in [-0.3, -0.25) is 9.59 Å². The van der Waals surface area contributed by atoms with E-state index < -0.39 is 5.97 Å². The minimum Gasteiger partial charge on any atom is -0.465 e. The average Bonchev–Trinajstić information content (AvgIpc) is 3.15. The number of carbonyl (C=O) groups is 3. The highest BCUT2D eigenvalue weighted by molar-refractivity contribution is 6.38. The quantitative estimate of drug-likeness (QED) is 0.672. The number of allylic oxidation sites excluding steroid dienone is 7. The molecule has 0 aromatic heterocycles. The zero-order chi connectivity index (χ0) is 22.9. The van der Waals surface area contributed by atoms with Gasteiger partial charge < -0.3 is 9.64 Å². The van der Waals surface area contributed by atoms with E-state index in [1.54, 1.807) is 29.3 Å². The number of Topliss-reactive ketones (excluding diaryl/α,β-unsaturated/α-hetero) is 1. The number of benzene rings is 2. The van der Waals surface area contributed by atoms with Gasteiger partial charge in [0, 0.05) is 6.20 Å². The number of methoxy groups -OCH3 is 1. The van der Waals surface area contributed by atoms with Gasteiger partial charge in [-0.25, -0.2) is 4.79 Å². The van der Waals surface area contributed by atoms with E-state index in [1.165, 1.54) is 19.3 Å². The van der Waals surface area contributed by atoms with Crippen LogP contribution in [-0.4, -0.2) is 29.5 Å². The van der Waals surface area contributed by atoms with Crippen molar-refractivity contribution in [2.45, 2.75) is 0 Å². The zero-order valence-electron chi connectivity index (χ0n) is 17.8. The van der Waals surface area contributed by atoms with Crippen LogP contribution >= 0.6 is 0 Å². The molecular formula is C28H19NO4. The maximum Gasteiger partial charge on any atom is 0.339 e. The molecule has 0 amide bonds. The third kappa shape index (κ3) is 3.49. The summed E-state index contributed by atoms with van der Waals surface area (Å²) in [7, 11) is 1.32. The molecule has 0 fully saturated rings. The van der Waals surface area contributed by atoms with Gasteiger partial charge in [0.15, 0.2) is 5.78 Å². The fraction of sp³-hybridized carbons (Fsp3) is 0.0357. The molecule has 5 heteroatoms. The Balaban J connectivity index is 1.76. The van der Waals surface area contributed by atoms with Crippen molar-refractivity contribution >= 4 is 28.8 Å². The summed E-state index contributed by atoms with van der Waals surface area (Å²) in [6, 6.07) is 19.1. The lowest BCUT2D eigenvalue weighted by atomic mass is 9.93. The SMILES string of the molecule is COC(=O)C1=CN2C(=CC1=C1C=CC(=O)C=C1)C(=O)C(c1ccccc1)=C2c1ccccc1. The van der Waals surface area contributed by atoms with Crippen LogP contribution in [0.2, 0.25) is 0 Å². The van der Waals surface area contributed by atoms with E-state index in [0.29, 0.717) is 33.7 Å². The van der Waals surface area contributed by atoms with Gasteiger partial charge in [0.1, 0.15) is 0 Å². The van der Waals surface area contributed by atoms with Gasteiger partial charge in [0.05, 0.1) is 29.7 Å². The number of fused-ring (bicyclic) bond motifs is 1. The molecule has 2 aromatic carbocycles. The van der Waals surface area contributed by atoms with Gasteiger partial charge in [-0.1, -0.05) is 72.8 Å². The van der Waals surface area contributed by atoms with Crippen LogP contribution in [-0.2, 0) is 19.1 Å². The summed E-state index contributed by atoms with van der Waals surface area (Å²) >= 11 is 0. The number of hydrogen-bond acceptors (Lipinski definition) is 5. The average molecular weight is 433 g/mol. The molecule has 0 N–H and O–H groups in total. The Morgan fingerprint density at radius 3 is 2.03 bits per heavy atom. The number of carbonyl (C=O) groups excluding carboxylic acids is 3. The van der Waals surface area contributed by atoms with Gasteiger partial charge in [-0.2, -0.15) is 0 Å². The minimum absolute atomic E-state index is 0.135. The molecule has 2 heterocycles. The van der Waals surface area contributed by atoms with Crippen molar-refractivity contribution < 1.29 is 19.1 Å². The van der Waals surface area contributed by atoms with E-state index in [2.05, 4.69) is 0 Å². The fourth-order valence-electron chi connectivity index (χ4n) is 4.17. The first-order valence-electron chi connectivity index (χ1n) is 10.4. The number of rotatable bonds is 3. The van der Waals surface area contributed by atoms with Gasteiger partial charge in [0.2, 0.25) is 5.78 Å². The predicted molar refractivity (Wildman–Crippen MR) is 125 cm³/mol. The molecule has 33 heavy (non-hydrogen) atoms. The molecule has 2 aliphatic heterocycles. The van der Waals surface area contributed by atoms with Gasteiger partial charge in [-0.15, -0.1) is 0 Å². The van der Waals surface area contributed by atoms with Crippen LogP contribution < -0.4 is 0 Å². The second-order valence-corrected chi connectivity index (χ2v) is 7.66. The highest BCUT2D eigenvalue weighted by Gasteiger charge is 2.39. The number of nitrogens with zero attached hydrogens (tertiary/aromatic N) is 1. The molecule has 0 saturated heterocycles. The summed E-state index contributed by atoms with van der Waals surface area (Å²) in [6.45, 7) is 0. The minimum atomic E-state index is -0.528. The number of hydrogen-bond donors (Lipinski definition) is 0. The van der Waals surface area contributed by atoms with E-state index in [-0.39, 0.29) is 11.6 Å². The number of ketones is 2. The van der Waals surface area contributed by atoms with Crippen molar-refractivity contribution in [3.8, 4) is 0 Å². The first kappa shape index (κ1) is 20.4. The molecular weight excluding hydrogens is 414 g/mol. The summed E-state index contributed by atoms with van der Waals surface area (Å²) in [5.74, 6) is -0.804. The molecule has 0 unspecified atom stereocenters. The van der Waals surface area contributed by atoms with Crippen molar-refractivity contribution in [2.75, 3.05) is 7.11 Å². The first-order valence-corrected chi connectivity index (χ1v) is 10.4. The lowest BCUT2D eigenvalue weighted by Crippen LogP contribution is -2.22. The predicted octanol–water partition coefficient (Wildman–Crippen LogP) is 4.39. The van der Waals surface area contributed by atoms with E-state index in [1.807, 2.05) is 60.7 Å². The molecule has 0 bridgehead atoms. The first-order chi connectivity index (χ1) is 16.1. The largest absolute Gasteiger partial charge is 0.465 e. The molecule has 0 spiro atoms. The summed E-state index contributed by atoms with van der Waals surface area (Å²) < 4.78 is 5.05. The lowest BCUT2D eigenvalue weighted by molar-refractivity contribution is -0.135. The summed E-state index contributed by atoms with van der Waals surface area (Å²) in [4.78, 5) is 39.8. The Morgan fingerprint density at radius 1 is 0.818 bits per heavy atom. The number of esters is 1. The second-order valence-electron chi connectivity index (χ2n) is 7.66. The van der Waals surface area contributed by atoms with E-state index in [9.17, 15) is 14.4 Å². The van der Waals surface area contributed by atoms with Crippen LogP contribution in [0.15, 0.2) is 120 Å². The molecule has 0 saturated carbocycles. The Kier molecular flexibility index (Phi) is 5.07. The van der Waals surface area contributed by atoms with Crippen LogP contribution in [0.5, 0.6) is 0 Å². The summed E-state index contributed by atoms with van der Waals surface area (Å²) in [5.41, 5.74) is 4.83. The molecule has 5 rings (SSSR count). The normalized spacial score (nSPS) is 17.3. The lowest BCUT2D eigenvalue weighted by Gasteiger charge is -2.26. The van der Waals surface area contributed by atoms with Gasteiger partial charge in [-0.05, 0) is 40.5 Å². The summed E-state index contributed by atoms with van der Waals surface area (Å²) in [5, 5.41) is 0. The van der Waals surface area contributed by atoms with Crippen molar-refractivity contribution in [3.63, 3.8) is 0 Å². The summed E-state index contributed by atoms with van der Waals surface area (Å²) in [6.07, 6.45) is 9.50. The third-order valence-electron chi connectivity index (χ3n) is 5.71. The fourth-order valence-corrected chi connectivity index (χ4v) is 4.17. The maximum absolute atomic E-state index is 13.7. The van der Waals surface area contributed by atoms with Crippen molar-refractivity contribution in [3.05, 3.63) is 131 Å². The van der Waals surface area contributed by atoms with E-state index in [4.69, 9.17) is 4.74 Å². The number of ether oxygens (including phenoxy) is 1.